The summed E-state index contributed by atoms with van der Waals surface area (Å²) in [4.78, 5) is 22.4. The number of carbonyl (C=O) groups excluding carboxylic acids is 1. The standard InChI is InChI=1S/C18H18N2O3/c1-12(15-6-5-13-3-2-4-16(13)11-15)19-18(21)14-7-9-17(10-8-14)20(22)23/h5-12H,2-4H2,1H3,(H,19,21)/t12-/m1/s1. The summed E-state index contributed by atoms with van der Waals surface area (Å²) >= 11 is 0. The number of fused-ring (bicyclic) bond motifs is 1. The third kappa shape index (κ3) is 3.23. The molecule has 0 unspecified atom stereocenters. The maximum Gasteiger partial charge on any atom is 0.269 e. The van der Waals surface area contributed by atoms with E-state index in [2.05, 4.69) is 23.5 Å². The zero-order valence-corrected chi connectivity index (χ0v) is 12.9. The van der Waals surface area contributed by atoms with Crippen LogP contribution < -0.4 is 5.32 Å². The van der Waals surface area contributed by atoms with Gasteiger partial charge in [0.15, 0.2) is 0 Å². The van der Waals surface area contributed by atoms with Gasteiger partial charge in [0, 0.05) is 17.7 Å². The molecule has 2 aromatic carbocycles. The van der Waals surface area contributed by atoms with E-state index in [1.165, 1.54) is 41.8 Å². The van der Waals surface area contributed by atoms with Crippen LogP contribution in [0.25, 0.3) is 0 Å². The monoisotopic (exact) mass is 310 g/mol. The highest BCUT2D eigenvalue weighted by atomic mass is 16.6. The number of nitro benzene ring substituents is 1. The lowest BCUT2D eigenvalue weighted by atomic mass is 10.0. The number of carbonyl (C=O) groups is 1. The first-order chi connectivity index (χ1) is 11.0. The Morgan fingerprint density at radius 3 is 2.52 bits per heavy atom. The molecule has 0 bridgehead atoms. The Morgan fingerprint density at radius 2 is 1.83 bits per heavy atom. The zero-order chi connectivity index (χ0) is 16.4. The van der Waals surface area contributed by atoms with Crippen LogP contribution in [0.15, 0.2) is 42.5 Å². The maximum atomic E-state index is 12.3. The predicted molar refractivity (Wildman–Crippen MR) is 87.4 cm³/mol. The summed E-state index contributed by atoms with van der Waals surface area (Å²) < 4.78 is 0. The Bertz CT molecular complexity index is 753. The Morgan fingerprint density at radius 1 is 1.13 bits per heavy atom. The minimum Gasteiger partial charge on any atom is -0.346 e. The molecule has 23 heavy (non-hydrogen) atoms. The van der Waals surface area contributed by atoms with Crippen molar-refractivity contribution in [3.05, 3.63) is 74.8 Å². The third-order valence-corrected chi connectivity index (χ3v) is 4.31. The summed E-state index contributed by atoms with van der Waals surface area (Å²) in [5, 5.41) is 13.6. The molecule has 0 aliphatic heterocycles. The van der Waals surface area contributed by atoms with Crippen molar-refractivity contribution in [1.82, 2.24) is 5.32 Å². The highest BCUT2D eigenvalue weighted by Crippen LogP contribution is 2.25. The van der Waals surface area contributed by atoms with Gasteiger partial charge in [-0.3, -0.25) is 14.9 Å². The summed E-state index contributed by atoms with van der Waals surface area (Å²) in [6.45, 7) is 1.94. The average Bonchev–Trinajstić information content (AvgIpc) is 3.02. The van der Waals surface area contributed by atoms with Gasteiger partial charge >= 0.3 is 0 Å². The molecule has 3 rings (SSSR count). The van der Waals surface area contributed by atoms with Crippen molar-refractivity contribution in [3.63, 3.8) is 0 Å². The van der Waals surface area contributed by atoms with Crippen LogP contribution in [0, 0.1) is 10.1 Å². The second kappa shape index (κ2) is 6.20. The number of non-ortho nitro benzene ring substituents is 1. The molecule has 1 N–H and O–H groups in total. The lowest BCUT2D eigenvalue weighted by Crippen LogP contribution is -2.26. The lowest BCUT2D eigenvalue weighted by Gasteiger charge is -2.15. The average molecular weight is 310 g/mol. The fourth-order valence-electron chi connectivity index (χ4n) is 2.96. The van der Waals surface area contributed by atoms with Crippen molar-refractivity contribution >= 4 is 11.6 Å². The summed E-state index contributed by atoms with van der Waals surface area (Å²) in [6, 6.07) is 11.9. The molecular formula is C18H18N2O3. The molecule has 5 nitrogen and oxygen atoms in total. The van der Waals surface area contributed by atoms with E-state index in [4.69, 9.17) is 0 Å². The molecule has 0 heterocycles. The lowest BCUT2D eigenvalue weighted by molar-refractivity contribution is -0.384. The van der Waals surface area contributed by atoms with Gasteiger partial charge in [0.2, 0.25) is 0 Å². The maximum absolute atomic E-state index is 12.3. The van der Waals surface area contributed by atoms with Gasteiger partial charge in [-0.15, -0.1) is 0 Å². The Balaban J connectivity index is 1.70. The molecular weight excluding hydrogens is 292 g/mol. The molecule has 1 aliphatic rings. The molecule has 0 spiro atoms. The van der Waals surface area contributed by atoms with E-state index in [-0.39, 0.29) is 17.6 Å². The second-order valence-corrected chi connectivity index (χ2v) is 5.88. The Labute approximate surface area is 134 Å². The third-order valence-electron chi connectivity index (χ3n) is 4.31. The van der Waals surface area contributed by atoms with Crippen LogP contribution in [0.2, 0.25) is 0 Å². The normalized spacial score (nSPS) is 14.1. The quantitative estimate of drug-likeness (QED) is 0.693. The number of hydrogen-bond acceptors (Lipinski definition) is 3. The van der Waals surface area contributed by atoms with E-state index in [9.17, 15) is 14.9 Å². The molecule has 2 aromatic rings. The van der Waals surface area contributed by atoms with E-state index < -0.39 is 4.92 Å². The smallest absolute Gasteiger partial charge is 0.269 e. The van der Waals surface area contributed by atoms with Crippen LogP contribution >= 0.6 is 0 Å². The van der Waals surface area contributed by atoms with E-state index >= 15 is 0 Å². The highest BCUT2D eigenvalue weighted by Gasteiger charge is 2.16. The molecule has 0 radical (unpaired) electrons. The molecule has 1 atom stereocenters. The summed E-state index contributed by atoms with van der Waals surface area (Å²) in [5.41, 5.74) is 4.26. The minimum atomic E-state index is -0.477. The second-order valence-electron chi connectivity index (χ2n) is 5.88. The van der Waals surface area contributed by atoms with Gasteiger partial charge in [-0.25, -0.2) is 0 Å². The molecule has 0 saturated carbocycles. The molecule has 118 valence electrons. The number of nitrogens with zero attached hydrogens (tertiary/aromatic N) is 1. The van der Waals surface area contributed by atoms with Crippen LogP contribution in [-0.4, -0.2) is 10.8 Å². The van der Waals surface area contributed by atoms with Crippen molar-refractivity contribution in [2.45, 2.75) is 32.2 Å². The van der Waals surface area contributed by atoms with Crippen LogP contribution in [0.1, 0.15) is 46.4 Å². The van der Waals surface area contributed by atoms with Gasteiger partial charge in [-0.05, 0) is 55.0 Å². The SMILES string of the molecule is C[C@@H](NC(=O)c1ccc([N+](=O)[O-])cc1)c1ccc2c(c1)CCC2. The van der Waals surface area contributed by atoms with Gasteiger partial charge in [-0.1, -0.05) is 18.2 Å². The van der Waals surface area contributed by atoms with Crippen LogP contribution in [0.3, 0.4) is 0 Å². The fraction of sp³-hybridized carbons (Fsp3) is 0.278. The number of nitrogens with one attached hydrogen (secondary N) is 1. The summed E-state index contributed by atoms with van der Waals surface area (Å²) in [5.74, 6) is -0.229. The number of benzene rings is 2. The number of amides is 1. The van der Waals surface area contributed by atoms with E-state index in [1.807, 2.05) is 6.92 Å². The first-order valence-corrected chi connectivity index (χ1v) is 7.71. The van der Waals surface area contributed by atoms with Gasteiger partial charge < -0.3 is 5.32 Å². The van der Waals surface area contributed by atoms with Crippen molar-refractivity contribution in [3.8, 4) is 0 Å². The topological polar surface area (TPSA) is 72.2 Å². The Kier molecular flexibility index (Phi) is 4.10. The van der Waals surface area contributed by atoms with E-state index in [1.54, 1.807) is 0 Å². The largest absolute Gasteiger partial charge is 0.346 e. The molecule has 1 amide bonds. The van der Waals surface area contributed by atoms with E-state index in [0.717, 1.165) is 18.4 Å². The van der Waals surface area contributed by atoms with Crippen molar-refractivity contribution in [1.29, 1.82) is 0 Å². The van der Waals surface area contributed by atoms with Crippen LogP contribution in [-0.2, 0) is 12.8 Å². The number of hydrogen-bond donors (Lipinski definition) is 1. The predicted octanol–water partition coefficient (Wildman–Crippen LogP) is 3.57. The van der Waals surface area contributed by atoms with Crippen LogP contribution in [0.4, 0.5) is 5.69 Å². The molecule has 5 heteroatoms. The van der Waals surface area contributed by atoms with Gasteiger partial charge in [0.1, 0.15) is 0 Å². The number of nitro groups is 1. The van der Waals surface area contributed by atoms with Crippen LogP contribution in [0.5, 0.6) is 0 Å². The molecule has 0 aromatic heterocycles. The molecule has 1 aliphatic carbocycles. The van der Waals surface area contributed by atoms with Crippen molar-refractivity contribution < 1.29 is 9.72 Å². The van der Waals surface area contributed by atoms with Gasteiger partial charge in [-0.2, -0.15) is 0 Å². The van der Waals surface area contributed by atoms with E-state index in [0.29, 0.717) is 5.56 Å². The van der Waals surface area contributed by atoms with Crippen molar-refractivity contribution in [2.24, 2.45) is 0 Å². The summed E-state index contributed by atoms with van der Waals surface area (Å²) in [7, 11) is 0. The first-order valence-electron chi connectivity index (χ1n) is 7.71. The first kappa shape index (κ1) is 15.2. The summed E-state index contributed by atoms with van der Waals surface area (Å²) in [6.07, 6.45) is 3.44. The minimum absolute atomic E-state index is 0.0202. The molecule has 0 fully saturated rings. The zero-order valence-electron chi connectivity index (χ0n) is 12.9. The van der Waals surface area contributed by atoms with Gasteiger partial charge in [0.25, 0.3) is 11.6 Å². The highest BCUT2D eigenvalue weighted by molar-refractivity contribution is 5.94. The molecule has 0 saturated heterocycles. The fourth-order valence-corrected chi connectivity index (χ4v) is 2.96. The Hall–Kier alpha value is -2.69. The van der Waals surface area contributed by atoms with Gasteiger partial charge in [0.05, 0.1) is 11.0 Å². The number of aryl methyl sites for hydroxylation is 2. The van der Waals surface area contributed by atoms with Crippen molar-refractivity contribution in [2.75, 3.05) is 0 Å². The number of rotatable bonds is 4.